The van der Waals surface area contributed by atoms with Gasteiger partial charge in [-0.05, 0) is 44.4 Å². The SMILES string of the molecule is CCC1CCC(C)N1C(=O)c1ccc(F)cc1C#CCN. The monoisotopic (exact) mass is 288 g/mol. The quantitative estimate of drug-likeness (QED) is 0.850. The highest BCUT2D eigenvalue weighted by molar-refractivity contribution is 5.97. The number of carbonyl (C=O) groups excluding carboxylic acids is 1. The van der Waals surface area contributed by atoms with Crippen LogP contribution in [0.5, 0.6) is 0 Å². The van der Waals surface area contributed by atoms with Gasteiger partial charge in [-0.15, -0.1) is 0 Å². The van der Waals surface area contributed by atoms with E-state index in [1.54, 1.807) is 0 Å². The molecule has 0 saturated carbocycles. The molecule has 1 aromatic carbocycles. The van der Waals surface area contributed by atoms with Crippen LogP contribution in [0.15, 0.2) is 18.2 Å². The van der Waals surface area contributed by atoms with Gasteiger partial charge in [-0.3, -0.25) is 4.79 Å². The first-order valence-corrected chi connectivity index (χ1v) is 7.39. The van der Waals surface area contributed by atoms with Crippen molar-refractivity contribution in [3.63, 3.8) is 0 Å². The van der Waals surface area contributed by atoms with E-state index in [-0.39, 0.29) is 24.5 Å². The summed E-state index contributed by atoms with van der Waals surface area (Å²) in [6, 6.07) is 4.60. The van der Waals surface area contributed by atoms with Gasteiger partial charge in [-0.1, -0.05) is 18.8 Å². The fraction of sp³-hybridized carbons (Fsp3) is 0.471. The Bertz CT molecular complexity index is 588. The van der Waals surface area contributed by atoms with E-state index in [4.69, 9.17) is 5.73 Å². The number of nitrogens with zero attached hydrogens (tertiary/aromatic N) is 1. The molecule has 1 fully saturated rings. The zero-order valence-corrected chi connectivity index (χ0v) is 12.5. The molecule has 1 heterocycles. The predicted octanol–water partition coefficient (Wildman–Crippen LogP) is 2.54. The maximum atomic E-state index is 13.4. The van der Waals surface area contributed by atoms with Crippen LogP contribution in [0.2, 0.25) is 0 Å². The second-order valence-corrected chi connectivity index (χ2v) is 5.40. The lowest BCUT2D eigenvalue weighted by Gasteiger charge is -2.28. The molecule has 0 bridgehead atoms. The summed E-state index contributed by atoms with van der Waals surface area (Å²) in [6.45, 7) is 4.33. The summed E-state index contributed by atoms with van der Waals surface area (Å²) in [4.78, 5) is 14.7. The van der Waals surface area contributed by atoms with Gasteiger partial charge in [0.05, 0.1) is 12.1 Å². The van der Waals surface area contributed by atoms with Gasteiger partial charge in [0.2, 0.25) is 0 Å². The van der Waals surface area contributed by atoms with Crippen molar-refractivity contribution >= 4 is 5.91 Å². The molecule has 2 atom stereocenters. The average molecular weight is 288 g/mol. The Morgan fingerprint density at radius 2 is 2.24 bits per heavy atom. The maximum absolute atomic E-state index is 13.4. The molecular formula is C17H21FN2O. The molecule has 2 rings (SSSR count). The van der Waals surface area contributed by atoms with Gasteiger partial charge < -0.3 is 10.6 Å². The van der Waals surface area contributed by atoms with Crippen LogP contribution in [0.3, 0.4) is 0 Å². The summed E-state index contributed by atoms with van der Waals surface area (Å²) in [5.41, 5.74) is 6.24. The maximum Gasteiger partial charge on any atom is 0.255 e. The molecule has 0 spiro atoms. The molecule has 1 aliphatic heterocycles. The Labute approximate surface area is 125 Å². The molecule has 21 heavy (non-hydrogen) atoms. The van der Waals surface area contributed by atoms with Gasteiger partial charge in [-0.25, -0.2) is 4.39 Å². The zero-order chi connectivity index (χ0) is 15.4. The molecule has 4 heteroatoms. The normalized spacial score (nSPS) is 21.0. The van der Waals surface area contributed by atoms with Crippen molar-refractivity contribution < 1.29 is 9.18 Å². The first-order chi connectivity index (χ1) is 10.1. The molecule has 0 aliphatic carbocycles. The number of likely N-dealkylation sites (tertiary alicyclic amines) is 1. The molecule has 3 nitrogen and oxygen atoms in total. The van der Waals surface area contributed by atoms with E-state index in [0.717, 1.165) is 19.3 Å². The van der Waals surface area contributed by atoms with Crippen LogP contribution in [0, 0.1) is 17.7 Å². The van der Waals surface area contributed by atoms with Gasteiger partial charge in [0.1, 0.15) is 5.82 Å². The van der Waals surface area contributed by atoms with E-state index < -0.39 is 5.82 Å². The summed E-state index contributed by atoms with van der Waals surface area (Å²) >= 11 is 0. The van der Waals surface area contributed by atoms with Crippen molar-refractivity contribution in [3.8, 4) is 11.8 Å². The van der Waals surface area contributed by atoms with Crippen molar-refractivity contribution in [1.29, 1.82) is 0 Å². The molecule has 1 saturated heterocycles. The highest BCUT2D eigenvalue weighted by Crippen LogP contribution is 2.28. The van der Waals surface area contributed by atoms with E-state index in [1.165, 1.54) is 18.2 Å². The lowest BCUT2D eigenvalue weighted by molar-refractivity contribution is 0.0676. The Balaban J connectivity index is 2.38. The van der Waals surface area contributed by atoms with Gasteiger partial charge in [-0.2, -0.15) is 0 Å². The zero-order valence-electron chi connectivity index (χ0n) is 12.5. The van der Waals surface area contributed by atoms with Crippen molar-refractivity contribution in [2.24, 2.45) is 5.73 Å². The number of nitrogens with two attached hydrogens (primary N) is 1. The molecule has 2 N–H and O–H groups in total. The largest absolute Gasteiger partial charge is 0.333 e. The molecular weight excluding hydrogens is 267 g/mol. The minimum atomic E-state index is -0.394. The first kappa shape index (κ1) is 15.5. The third kappa shape index (κ3) is 3.25. The van der Waals surface area contributed by atoms with Crippen molar-refractivity contribution in [1.82, 2.24) is 4.90 Å². The number of rotatable bonds is 2. The van der Waals surface area contributed by atoms with Gasteiger partial charge >= 0.3 is 0 Å². The number of benzene rings is 1. The molecule has 1 aliphatic rings. The molecule has 2 unspecified atom stereocenters. The fourth-order valence-corrected chi connectivity index (χ4v) is 2.93. The molecule has 0 aromatic heterocycles. The fourth-order valence-electron chi connectivity index (χ4n) is 2.93. The van der Waals surface area contributed by atoms with E-state index in [1.807, 2.05) is 4.90 Å². The first-order valence-electron chi connectivity index (χ1n) is 7.39. The predicted molar refractivity (Wildman–Crippen MR) is 81.3 cm³/mol. The number of halogens is 1. The topological polar surface area (TPSA) is 46.3 Å². The van der Waals surface area contributed by atoms with Crippen LogP contribution in [0.25, 0.3) is 0 Å². The molecule has 0 radical (unpaired) electrons. The van der Waals surface area contributed by atoms with Crippen molar-refractivity contribution in [2.75, 3.05) is 6.54 Å². The Morgan fingerprint density at radius 1 is 1.48 bits per heavy atom. The van der Waals surface area contributed by atoms with Crippen molar-refractivity contribution in [3.05, 3.63) is 35.1 Å². The average Bonchev–Trinajstić information content (AvgIpc) is 2.85. The summed E-state index contributed by atoms with van der Waals surface area (Å²) in [7, 11) is 0. The van der Waals surface area contributed by atoms with E-state index in [9.17, 15) is 9.18 Å². The Kier molecular flexibility index (Phi) is 4.98. The van der Waals surface area contributed by atoms with Crippen LogP contribution in [0.4, 0.5) is 4.39 Å². The second kappa shape index (κ2) is 6.73. The minimum Gasteiger partial charge on any atom is -0.333 e. The molecule has 112 valence electrons. The van der Waals surface area contributed by atoms with E-state index in [0.29, 0.717) is 11.1 Å². The number of carbonyl (C=O) groups is 1. The van der Waals surface area contributed by atoms with Gasteiger partial charge in [0.25, 0.3) is 5.91 Å². The van der Waals surface area contributed by atoms with Crippen LogP contribution in [-0.2, 0) is 0 Å². The van der Waals surface area contributed by atoms with Crippen LogP contribution < -0.4 is 5.73 Å². The van der Waals surface area contributed by atoms with Gasteiger partial charge in [0, 0.05) is 17.6 Å². The third-order valence-corrected chi connectivity index (χ3v) is 4.03. The summed E-state index contributed by atoms with van der Waals surface area (Å²) in [5, 5.41) is 0. The number of amides is 1. The van der Waals surface area contributed by atoms with Gasteiger partial charge in [0.15, 0.2) is 0 Å². The van der Waals surface area contributed by atoms with Crippen LogP contribution in [0.1, 0.15) is 49.0 Å². The molecule has 1 aromatic rings. The van der Waals surface area contributed by atoms with Crippen LogP contribution in [-0.4, -0.2) is 29.4 Å². The third-order valence-electron chi connectivity index (χ3n) is 4.03. The lowest BCUT2D eigenvalue weighted by atomic mass is 10.0. The lowest BCUT2D eigenvalue weighted by Crippen LogP contribution is -2.40. The smallest absolute Gasteiger partial charge is 0.255 e. The van der Waals surface area contributed by atoms with E-state index in [2.05, 4.69) is 25.7 Å². The van der Waals surface area contributed by atoms with E-state index >= 15 is 0 Å². The minimum absolute atomic E-state index is 0.0619. The number of hydrogen-bond donors (Lipinski definition) is 1. The second-order valence-electron chi connectivity index (χ2n) is 5.40. The highest BCUT2D eigenvalue weighted by atomic mass is 19.1. The summed E-state index contributed by atoms with van der Waals surface area (Å²) < 4.78 is 13.4. The summed E-state index contributed by atoms with van der Waals surface area (Å²) in [6.07, 6.45) is 2.96. The molecule has 1 amide bonds. The Hall–Kier alpha value is -1.86. The highest BCUT2D eigenvalue weighted by Gasteiger charge is 2.34. The Morgan fingerprint density at radius 3 is 2.90 bits per heavy atom. The summed E-state index contributed by atoms with van der Waals surface area (Å²) in [5.74, 6) is 5.04. The van der Waals surface area contributed by atoms with Crippen molar-refractivity contribution in [2.45, 2.75) is 45.2 Å². The van der Waals surface area contributed by atoms with Crippen LogP contribution >= 0.6 is 0 Å². The standard InChI is InChI=1S/C17H21FN2O/c1-3-15-8-6-12(2)20(15)17(21)16-9-7-14(18)11-13(16)5-4-10-19/h7,9,11-12,15H,3,6,8,10,19H2,1-2H3. The number of hydrogen-bond acceptors (Lipinski definition) is 2.